The Bertz CT molecular complexity index is 1210. The second-order valence-electron chi connectivity index (χ2n) is 9.17. The molecule has 210 valence electrons. The standard InChI is InChI=1S/C26H33N5O8/c1-15(2)12-19(24(36)29-17(13-23(34)35)14-28-31-26(27)38)30-25(37)21(10-11-22(32)33)39-20-9-5-7-16-6-3-4-8-18(16)20/h3-9,14-15,17,19,21H,10-13H2,1-2H3,(H,29,36)(H,30,37)(H,32,33)(H,34,35)(H3,27,31,38)/t17-,19-,21?/m0/s1. The van der Waals surface area contributed by atoms with E-state index in [0.29, 0.717) is 5.75 Å². The van der Waals surface area contributed by atoms with Crippen molar-refractivity contribution in [2.24, 2.45) is 16.8 Å². The molecule has 0 radical (unpaired) electrons. The molecule has 0 bridgehead atoms. The minimum atomic E-state index is -1.24. The van der Waals surface area contributed by atoms with Crippen molar-refractivity contribution in [1.29, 1.82) is 0 Å². The van der Waals surface area contributed by atoms with Crippen molar-refractivity contribution in [3.05, 3.63) is 42.5 Å². The monoisotopic (exact) mass is 543 g/mol. The molecule has 39 heavy (non-hydrogen) atoms. The first-order chi connectivity index (χ1) is 18.5. The highest BCUT2D eigenvalue weighted by atomic mass is 16.5. The quantitative estimate of drug-likeness (QED) is 0.143. The number of benzene rings is 2. The van der Waals surface area contributed by atoms with Crippen LogP contribution in [-0.2, 0) is 19.2 Å². The molecule has 7 N–H and O–H groups in total. The Hall–Kier alpha value is -4.68. The molecule has 13 heteroatoms. The summed E-state index contributed by atoms with van der Waals surface area (Å²) in [6.07, 6.45) is -1.10. The number of hydrazone groups is 1. The summed E-state index contributed by atoms with van der Waals surface area (Å²) in [4.78, 5) is 59.7. The van der Waals surface area contributed by atoms with Gasteiger partial charge in [0.2, 0.25) is 5.91 Å². The Morgan fingerprint density at radius 1 is 0.974 bits per heavy atom. The van der Waals surface area contributed by atoms with Gasteiger partial charge in [0, 0.05) is 24.4 Å². The summed E-state index contributed by atoms with van der Waals surface area (Å²) >= 11 is 0. The van der Waals surface area contributed by atoms with Crippen molar-refractivity contribution >= 4 is 46.8 Å². The first-order valence-corrected chi connectivity index (χ1v) is 12.2. The maximum atomic E-state index is 13.3. The molecule has 0 saturated heterocycles. The number of nitrogens with zero attached hydrogens (tertiary/aromatic N) is 1. The molecule has 0 fully saturated rings. The molecule has 4 amide bonds. The van der Waals surface area contributed by atoms with Crippen molar-refractivity contribution in [2.75, 3.05) is 0 Å². The molecule has 0 aliphatic heterocycles. The lowest BCUT2D eigenvalue weighted by atomic mass is 10.0. The van der Waals surface area contributed by atoms with E-state index in [1.165, 1.54) is 0 Å². The highest BCUT2D eigenvalue weighted by Gasteiger charge is 2.29. The lowest BCUT2D eigenvalue weighted by Gasteiger charge is -2.25. The summed E-state index contributed by atoms with van der Waals surface area (Å²) in [7, 11) is 0. The second-order valence-corrected chi connectivity index (χ2v) is 9.17. The lowest BCUT2D eigenvalue weighted by molar-refractivity contribution is -0.140. The minimum Gasteiger partial charge on any atom is -0.481 e. The number of carbonyl (C=O) groups is 5. The zero-order chi connectivity index (χ0) is 28.9. The summed E-state index contributed by atoms with van der Waals surface area (Å²) < 4.78 is 5.98. The molecule has 1 unspecified atom stereocenters. The molecule has 2 rings (SSSR count). The normalized spacial score (nSPS) is 13.4. The number of amides is 4. The predicted molar refractivity (Wildman–Crippen MR) is 142 cm³/mol. The third-order valence-corrected chi connectivity index (χ3v) is 5.42. The fraction of sp³-hybridized carbons (Fsp3) is 0.385. The third kappa shape index (κ3) is 10.7. The van der Waals surface area contributed by atoms with Gasteiger partial charge < -0.3 is 31.3 Å². The Kier molecular flexibility index (Phi) is 11.7. The number of nitrogens with two attached hydrogens (primary N) is 1. The maximum Gasteiger partial charge on any atom is 0.332 e. The van der Waals surface area contributed by atoms with Gasteiger partial charge in [0.05, 0.1) is 12.5 Å². The fourth-order valence-electron chi connectivity index (χ4n) is 3.72. The summed E-state index contributed by atoms with van der Waals surface area (Å²) in [5.74, 6) is -3.44. The molecular weight excluding hydrogens is 510 g/mol. The van der Waals surface area contributed by atoms with Crippen LogP contribution in [0.1, 0.15) is 39.5 Å². The molecule has 0 aromatic heterocycles. The van der Waals surface area contributed by atoms with Crippen LogP contribution in [0.3, 0.4) is 0 Å². The predicted octanol–water partition coefficient (Wildman–Crippen LogP) is 1.60. The SMILES string of the molecule is CC(C)C[C@H](NC(=O)C(CCC(=O)O)Oc1cccc2ccccc12)C(=O)N[C@H](C=NNC(N)=O)CC(=O)O. The molecule has 2 aromatic rings. The van der Waals surface area contributed by atoms with E-state index in [1.807, 2.05) is 43.5 Å². The van der Waals surface area contributed by atoms with Gasteiger partial charge in [-0.2, -0.15) is 5.10 Å². The van der Waals surface area contributed by atoms with Gasteiger partial charge in [0.15, 0.2) is 6.10 Å². The van der Waals surface area contributed by atoms with Crippen LogP contribution in [0.2, 0.25) is 0 Å². The van der Waals surface area contributed by atoms with Gasteiger partial charge in [-0.3, -0.25) is 19.2 Å². The number of hydrogen-bond acceptors (Lipinski definition) is 7. The fourth-order valence-corrected chi connectivity index (χ4v) is 3.72. The Labute approximate surface area is 224 Å². The van der Waals surface area contributed by atoms with E-state index >= 15 is 0 Å². The molecule has 2 aromatic carbocycles. The minimum absolute atomic E-state index is 0.0550. The van der Waals surface area contributed by atoms with Crippen LogP contribution in [0.5, 0.6) is 5.75 Å². The van der Waals surface area contributed by atoms with Gasteiger partial charge in [-0.15, -0.1) is 0 Å². The summed E-state index contributed by atoms with van der Waals surface area (Å²) in [5.41, 5.74) is 6.85. The summed E-state index contributed by atoms with van der Waals surface area (Å²) in [6.45, 7) is 3.65. The van der Waals surface area contributed by atoms with Crippen LogP contribution in [0.15, 0.2) is 47.6 Å². The number of nitrogens with one attached hydrogen (secondary N) is 3. The third-order valence-electron chi connectivity index (χ3n) is 5.42. The van der Waals surface area contributed by atoms with E-state index in [2.05, 4.69) is 15.7 Å². The average Bonchev–Trinajstić information content (AvgIpc) is 2.85. The van der Waals surface area contributed by atoms with Gasteiger partial charge in [0.25, 0.3) is 5.91 Å². The number of hydrogen-bond donors (Lipinski definition) is 6. The maximum absolute atomic E-state index is 13.3. The second kappa shape index (κ2) is 14.9. The van der Waals surface area contributed by atoms with Crippen molar-refractivity contribution in [3.63, 3.8) is 0 Å². The lowest BCUT2D eigenvalue weighted by Crippen LogP contribution is -2.53. The van der Waals surface area contributed by atoms with E-state index in [4.69, 9.17) is 15.6 Å². The Morgan fingerprint density at radius 3 is 2.31 bits per heavy atom. The molecule has 0 saturated carbocycles. The smallest absolute Gasteiger partial charge is 0.332 e. The highest BCUT2D eigenvalue weighted by molar-refractivity contribution is 5.93. The van der Waals surface area contributed by atoms with Crippen LogP contribution in [-0.4, -0.2) is 64.4 Å². The van der Waals surface area contributed by atoms with Gasteiger partial charge in [0.1, 0.15) is 11.8 Å². The van der Waals surface area contributed by atoms with Crippen LogP contribution in [0.4, 0.5) is 4.79 Å². The molecule has 0 heterocycles. The number of carboxylic acids is 2. The topological polar surface area (TPSA) is 210 Å². The number of rotatable bonds is 15. The molecule has 0 spiro atoms. The zero-order valence-electron chi connectivity index (χ0n) is 21.6. The van der Waals surface area contributed by atoms with Crippen molar-refractivity contribution in [3.8, 4) is 5.75 Å². The number of urea groups is 1. The summed E-state index contributed by atoms with van der Waals surface area (Å²) in [6, 6.07) is 9.41. The van der Waals surface area contributed by atoms with E-state index < -0.39 is 54.4 Å². The number of aliphatic carboxylic acids is 2. The Morgan fingerprint density at radius 2 is 1.67 bits per heavy atom. The number of ether oxygens (including phenoxy) is 1. The molecule has 13 nitrogen and oxygen atoms in total. The summed E-state index contributed by atoms with van der Waals surface area (Å²) in [5, 5.41) is 28.6. The first kappa shape index (κ1) is 30.5. The first-order valence-electron chi connectivity index (χ1n) is 12.2. The van der Waals surface area contributed by atoms with Crippen molar-refractivity contribution in [1.82, 2.24) is 16.1 Å². The van der Waals surface area contributed by atoms with Crippen LogP contribution in [0.25, 0.3) is 10.8 Å². The molecule has 0 aliphatic rings. The average molecular weight is 544 g/mol. The van der Waals surface area contributed by atoms with Crippen molar-refractivity contribution < 1.29 is 38.9 Å². The van der Waals surface area contributed by atoms with E-state index in [9.17, 15) is 29.1 Å². The van der Waals surface area contributed by atoms with Crippen LogP contribution in [0, 0.1) is 5.92 Å². The van der Waals surface area contributed by atoms with E-state index in [0.717, 1.165) is 17.0 Å². The largest absolute Gasteiger partial charge is 0.481 e. The van der Waals surface area contributed by atoms with Gasteiger partial charge in [-0.05, 0) is 23.8 Å². The Balaban J connectivity index is 2.26. The highest BCUT2D eigenvalue weighted by Crippen LogP contribution is 2.27. The number of fused-ring (bicyclic) bond motifs is 1. The zero-order valence-corrected chi connectivity index (χ0v) is 21.6. The molecular formula is C26H33N5O8. The van der Waals surface area contributed by atoms with E-state index in [1.54, 1.807) is 18.2 Å². The number of carbonyl (C=O) groups excluding carboxylic acids is 3. The number of carboxylic acid groups (broad SMARTS) is 2. The molecule has 0 aliphatic carbocycles. The van der Waals surface area contributed by atoms with Crippen LogP contribution < -0.4 is 26.5 Å². The van der Waals surface area contributed by atoms with Gasteiger partial charge in [-0.1, -0.05) is 50.2 Å². The van der Waals surface area contributed by atoms with Gasteiger partial charge >= 0.3 is 18.0 Å². The van der Waals surface area contributed by atoms with E-state index in [-0.39, 0.29) is 25.2 Å². The molecule has 3 atom stereocenters. The van der Waals surface area contributed by atoms with Crippen molar-refractivity contribution in [2.45, 2.75) is 57.7 Å². The number of primary amides is 1. The van der Waals surface area contributed by atoms with Gasteiger partial charge in [-0.25, -0.2) is 10.2 Å². The van der Waals surface area contributed by atoms with Crippen LogP contribution >= 0.6 is 0 Å².